The van der Waals surface area contributed by atoms with E-state index in [-0.39, 0.29) is 18.0 Å². The Morgan fingerprint density at radius 3 is 2.32 bits per heavy atom. The third kappa shape index (κ3) is 4.21. The molecule has 10 heteroatoms. The van der Waals surface area contributed by atoms with Gasteiger partial charge < -0.3 is 9.47 Å². The van der Waals surface area contributed by atoms with Crippen LogP contribution in [0.4, 0.5) is 14.5 Å². The van der Waals surface area contributed by atoms with E-state index in [0.717, 1.165) is 12.1 Å². The van der Waals surface area contributed by atoms with E-state index >= 15 is 0 Å². The normalized spacial score (nSPS) is 11.4. The van der Waals surface area contributed by atoms with Crippen LogP contribution in [-0.4, -0.2) is 26.2 Å². The monoisotopic (exact) mass is 373 g/mol. The number of sulfone groups is 1. The number of halogens is 2. The van der Waals surface area contributed by atoms with Crippen LogP contribution in [0.25, 0.3) is 0 Å². The van der Waals surface area contributed by atoms with Crippen LogP contribution < -0.4 is 9.47 Å². The molecular formula is C15H13F2NO6S. The van der Waals surface area contributed by atoms with Crippen LogP contribution in [0.5, 0.6) is 11.5 Å². The number of rotatable bonds is 7. The first kappa shape index (κ1) is 18.6. The highest BCUT2D eigenvalue weighted by Gasteiger charge is 2.26. The SMILES string of the molecule is COc1ccc(OCc2ccc(S(=O)(=O)C(F)F)cc2)c([N+](=O)[O-])c1. The van der Waals surface area contributed by atoms with Crippen LogP contribution in [0.3, 0.4) is 0 Å². The lowest BCUT2D eigenvalue weighted by molar-refractivity contribution is -0.386. The molecule has 0 atom stereocenters. The van der Waals surface area contributed by atoms with Gasteiger partial charge in [0, 0.05) is 0 Å². The third-order valence-corrected chi connectivity index (χ3v) is 4.64. The average molecular weight is 373 g/mol. The van der Waals surface area contributed by atoms with Crippen LogP contribution in [0.1, 0.15) is 5.56 Å². The first-order chi connectivity index (χ1) is 11.8. The number of nitrogens with zero attached hydrogens (tertiary/aromatic N) is 1. The van der Waals surface area contributed by atoms with Crippen molar-refractivity contribution >= 4 is 15.5 Å². The maximum absolute atomic E-state index is 12.5. The van der Waals surface area contributed by atoms with E-state index < -0.39 is 25.4 Å². The van der Waals surface area contributed by atoms with Crippen molar-refractivity contribution in [3.05, 3.63) is 58.1 Å². The molecular weight excluding hydrogens is 360 g/mol. The molecule has 0 aromatic heterocycles. The number of hydrogen-bond donors (Lipinski definition) is 0. The van der Waals surface area contributed by atoms with Crippen LogP contribution in [0.15, 0.2) is 47.4 Å². The number of nitro groups is 1. The van der Waals surface area contributed by atoms with Crippen molar-refractivity contribution in [2.24, 2.45) is 0 Å². The number of hydrogen-bond acceptors (Lipinski definition) is 6. The maximum atomic E-state index is 12.5. The lowest BCUT2D eigenvalue weighted by atomic mass is 10.2. The first-order valence-electron chi connectivity index (χ1n) is 6.82. The Bertz CT molecular complexity index is 868. The van der Waals surface area contributed by atoms with E-state index in [1.165, 1.54) is 37.4 Å². The summed E-state index contributed by atoms with van der Waals surface area (Å²) in [4.78, 5) is 9.91. The summed E-state index contributed by atoms with van der Waals surface area (Å²) >= 11 is 0. The Morgan fingerprint density at radius 2 is 1.80 bits per heavy atom. The molecule has 0 heterocycles. The quantitative estimate of drug-likeness (QED) is 0.546. The van der Waals surface area contributed by atoms with Gasteiger partial charge in [0.05, 0.1) is 23.0 Å². The largest absolute Gasteiger partial charge is 0.496 e. The third-order valence-electron chi connectivity index (χ3n) is 3.24. The fraction of sp³-hybridized carbons (Fsp3) is 0.200. The summed E-state index contributed by atoms with van der Waals surface area (Å²) in [5, 5.41) is 11.1. The summed E-state index contributed by atoms with van der Waals surface area (Å²) in [5.74, 6) is -3.22. The molecule has 0 fully saturated rings. The van der Waals surface area contributed by atoms with Gasteiger partial charge in [-0.3, -0.25) is 10.1 Å². The van der Waals surface area contributed by atoms with Gasteiger partial charge in [0.1, 0.15) is 12.4 Å². The Kier molecular flexibility index (Phi) is 5.52. The molecule has 0 aliphatic carbocycles. The molecule has 0 N–H and O–H groups in total. The van der Waals surface area contributed by atoms with Crippen molar-refractivity contribution in [2.75, 3.05) is 7.11 Å². The highest BCUT2D eigenvalue weighted by atomic mass is 32.2. The van der Waals surface area contributed by atoms with Crippen molar-refractivity contribution in [2.45, 2.75) is 17.3 Å². The fourth-order valence-corrected chi connectivity index (χ4v) is 2.65. The number of ether oxygens (including phenoxy) is 2. The van der Waals surface area contributed by atoms with Crippen molar-refractivity contribution in [1.82, 2.24) is 0 Å². The highest BCUT2D eigenvalue weighted by Crippen LogP contribution is 2.31. The predicted molar refractivity (Wildman–Crippen MR) is 83.6 cm³/mol. The van der Waals surface area contributed by atoms with E-state index in [1.54, 1.807) is 0 Å². The molecule has 2 rings (SSSR count). The van der Waals surface area contributed by atoms with E-state index in [9.17, 15) is 27.3 Å². The minimum absolute atomic E-state index is 0.00456. The molecule has 0 spiro atoms. The summed E-state index contributed by atoms with van der Waals surface area (Å²) in [6.45, 7) is -0.109. The summed E-state index contributed by atoms with van der Waals surface area (Å²) < 4.78 is 57.9. The zero-order valence-electron chi connectivity index (χ0n) is 12.9. The maximum Gasteiger partial charge on any atom is 0.341 e. The molecule has 2 aromatic carbocycles. The molecule has 0 radical (unpaired) electrons. The molecule has 25 heavy (non-hydrogen) atoms. The molecule has 0 aliphatic rings. The smallest absolute Gasteiger partial charge is 0.341 e. The Morgan fingerprint density at radius 1 is 1.16 bits per heavy atom. The standard InChI is InChI=1S/C15H13F2NO6S/c1-23-11-4-7-14(13(8-11)18(19)20)24-9-10-2-5-12(6-3-10)25(21,22)15(16)17/h2-8,15H,9H2,1H3. The van der Waals surface area contributed by atoms with Gasteiger partial charge in [-0.25, -0.2) is 8.42 Å². The number of alkyl halides is 2. The Balaban J connectivity index is 2.16. The van der Waals surface area contributed by atoms with Crippen LogP contribution in [0.2, 0.25) is 0 Å². The summed E-state index contributed by atoms with van der Waals surface area (Å²) in [5.41, 5.74) is 0.162. The molecule has 0 bridgehead atoms. The highest BCUT2D eigenvalue weighted by molar-refractivity contribution is 7.91. The van der Waals surface area contributed by atoms with E-state index in [0.29, 0.717) is 11.3 Å². The number of nitro benzene ring substituents is 1. The van der Waals surface area contributed by atoms with Gasteiger partial charge >= 0.3 is 11.4 Å². The van der Waals surface area contributed by atoms with Crippen LogP contribution >= 0.6 is 0 Å². The summed E-state index contributed by atoms with van der Waals surface area (Å²) in [6, 6.07) is 8.71. The van der Waals surface area contributed by atoms with Gasteiger partial charge in [-0.1, -0.05) is 12.1 Å². The zero-order chi connectivity index (χ0) is 18.6. The van der Waals surface area contributed by atoms with Gasteiger partial charge in [0.15, 0.2) is 5.75 Å². The fourth-order valence-electron chi connectivity index (χ4n) is 1.93. The van der Waals surface area contributed by atoms with Crippen molar-refractivity contribution in [1.29, 1.82) is 0 Å². The van der Waals surface area contributed by atoms with Crippen LogP contribution in [0, 0.1) is 10.1 Å². The predicted octanol–water partition coefficient (Wildman–Crippen LogP) is 3.18. The zero-order valence-corrected chi connectivity index (χ0v) is 13.7. The van der Waals surface area contributed by atoms with E-state index in [2.05, 4.69) is 0 Å². The minimum Gasteiger partial charge on any atom is -0.496 e. The molecule has 134 valence electrons. The van der Waals surface area contributed by atoms with Crippen LogP contribution in [-0.2, 0) is 16.4 Å². The lowest BCUT2D eigenvalue weighted by Crippen LogP contribution is -2.11. The second-order valence-electron chi connectivity index (χ2n) is 4.83. The van der Waals surface area contributed by atoms with E-state index in [4.69, 9.17) is 9.47 Å². The topological polar surface area (TPSA) is 95.7 Å². The van der Waals surface area contributed by atoms with E-state index in [1.807, 2.05) is 0 Å². The minimum atomic E-state index is -4.66. The van der Waals surface area contributed by atoms with Gasteiger partial charge in [-0.15, -0.1) is 0 Å². The lowest BCUT2D eigenvalue weighted by Gasteiger charge is -2.09. The molecule has 2 aromatic rings. The van der Waals surface area contributed by atoms with Gasteiger partial charge in [0.25, 0.3) is 0 Å². The Labute approximate surface area is 141 Å². The Hall–Kier alpha value is -2.75. The molecule has 0 saturated heterocycles. The van der Waals surface area contributed by atoms with Gasteiger partial charge in [-0.05, 0) is 29.8 Å². The second kappa shape index (κ2) is 7.43. The molecule has 0 amide bonds. The molecule has 0 saturated carbocycles. The first-order valence-corrected chi connectivity index (χ1v) is 8.36. The van der Waals surface area contributed by atoms with Crippen molar-refractivity contribution in [3.63, 3.8) is 0 Å². The molecule has 0 unspecified atom stereocenters. The average Bonchev–Trinajstić information content (AvgIpc) is 2.59. The number of benzene rings is 2. The molecule has 0 aliphatic heterocycles. The summed E-state index contributed by atoms with van der Waals surface area (Å²) in [6.07, 6.45) is 0. The summed E-state index contributed by atoms with van der Waals surface area (Å²) in [7, 11) is -3.29. The number of methoxy groups -OCH3 is 1. The second-order valence-corrected chi connectivity index (χ2v) is 6.75. The molecule has 7 nitrogen and oxygen atoms in total. The van der Waals surface area contributed by atoms with Gasteiger partial charge in [0.2, 0.25) is 9.84 Å². The van der Waals surface area contributed by atoms with Crippen molar-refractivity contribution in [3.8, 4) is 11.5 Å². The van der Waals surface area contributed by atoms with Gasteiger partial charge in [-0.2, -0.15) is 8.78 Å². The van der Waals surface area contributed by atoms with Crippen molar-refractivity contribution < 1.29 is 31.6 Å².